The van der Waals surface area contributed by atoms with Gasteiger partial charge in [0.2, 0.25) is 5.88 Å². The summed E-state index contributed by atoms with van der Waals surface area (Å²) in [5.74, 6) is -0.597. The minimum Gasteiger partial charge on any atom is -0.453 e. The number of alkyl halides is 3. The fraction of sp³-hybridized carbons (Fsp3) is 0.174. The van der Waals surface area contributed by atoms with Crippen molar-refractivity contribution in [3.8, 4) is 22.9 Å². The van der Waals surface area contributed by atoms with Crippen molar-refractivity contribution in [2.75, 3.05) is 5.32 Å². The molecule has 2 heterocycles. The van der Waals surface area contributed by atoms with E-state index < -0.39 is 29.7 Å². The summed E-state index contributed by atoms with van der Waals surface area (Å²) < 4.78 is 49.9. The molecule has 1 N–H and O–H groups in total. The Hall–Kier alpha value is -4.06. The molecule has 12 heteroatoms. The number of carbonyl (C=O) groups is 2. The summed E-state index contributed by atoms with van der Waals surface area (Å²) >= 11 is 1.20. The lowest BCUT2D eigenvalue weighted by Crippen LogP contribution is -2.29. The number of nitrogens with zero attached hydrogens (tertiary/aromatic N) is 3. The standard InChI is InChI=1S/C23H17F3N4O4S/c1-12(33-13(2)31)21(32)30-22-29-20-17(4-3-5-18(20)35-22)34-19-10-16(27-11-28-19)14-6-8-15(9-7-14)23(24,25)26/h3-12H,1-2H3,(H,29,30,32). The maximum Gasteiger partial charge on any atom is 0.416 e. The fourth-order valence-electron chi connectivity index (χ4n) is 3.06. The van der Waals surface area contributed by atoms with Crippen LogP contribution in [0.4, 0.5) is 18.3 Å². The molecular formula is C23H17F3N4O4S. The molecule has 8 nitrogen and oxygen atoms in total. The van der Waals surface area contributed by atoms with Crippen molar-refractivity contribution in [3.63, 3.8) is 0 Å². The van der Waals surface area contributed by atoms with Crippen LogP contribution in [-0.2, 0) is 20.5 Å². The van der Waals surface area contributed by atoms with Crippen molar-refractivity contribution in [2.24, 2.45) is 0 Å². The van der Waals surface area contributed by atoms with Gasteiger partial charge in [0.1, 0.15) is 11.8 Å². The monoisotopic (exact) mass is 502 g/mol. The van der Waals surface area contributed by atoms with Gasteiger partial charge >= 0.3 is 12.1 Å². The summed E-state index contributed by atoms with van der Waals surface area (Å²) in [6.07, 6.45) is -4.17. The highest BCUT2D eigenvalue weighted by Gasteiger charge is 2.30. The molecule has 1 unspecified atom stereocenters. The molecule has 0 fully saturated rings. The Kier molecular flexibility index (Phi) is 6.65. The maximum absolute atomic E-state index is 12.8. The summed E-state index contributed by atoms with van der Waals surface area (Å²) in [6.45, 7) is 2.66. The van der Waals surface area contributed by atoms with Crippen LogP contribution in [-0.4, -0.2) is 32.9 Å². The van der Waals surface area contributed by atoms with E-state index in [1.54, 1.807) is 18.2 Å². The van der Waals surface area contributed by atoms with E-state index in [2.05, 4.69) is 20.3 Å². The molecule has 0 aliphatic carbocycles. The van der Waals surface area contributed by atoms with Crippen LogP contribution in [0, 0.1) is 0 Å². The molecule has 4 rings (SSSR count). The van der Waals surface area contributed by atoms with Crippen molar-refractivity contribution in [3.05, 3.63) is 60.4 Å². The molecule has 0 aliphatic rings. The van der Waals surface area contributed by atoms with E-state index in [0.29, 0.717) is 22.5 Å². The SMILES string of the molecule is CC(=O)OC(C)C(=O)Nc1nc2c(Oc3cc(-c4ccc(C(F)(F)F)cc4)ncn3)cccc2s1. The molecule has 0 spiro atoms. The minimum absolute atomic E-state index is 0.157. The van der Waals surface area contributed by atoms with Crippen LogP contribution >= 0.6 is 11.3 Å². The number of thiazole rings is 1. The van der Waals surface area contributed by atoms with E-state index in [9.17, 15) is 22.8 Å². The molecule has 0 aliphatic heterocycles. The van der Waals surface area contributed by atoms with Gasteiger partial charge < -0.3 is 9.47 Å². The van der Waals surface area contributed by atoms with Crippen LogP contribution in [0.15, 0.2) is 54.9 Å². The zero-order chi connectivity index (χ0) is 25.2. The first-order valence-electron chi connectivity index (χ1n) is 10.2. The van der Waals surface area contributed by atoms with Crippen LogP contribution in [0.3, 0.4) is 0 Å². The van der Waals surface area contributed by atoms with Gasteiger partial charge in [-0.15, -0.1) is 0 Å². The highest BCUT2D eigenvalue weighted by Crippen LogP contribution is 2.35. The molecule has 0 saturated carbocycles. The van der Waals surface area contributed by atoms with E-state index in [-0.39, 0.29) is 11.0 Å². The van der Waals surface area contributed by atoms with Gasteiger partial charge in [-0.05, 0) is 31.2 Å². The van der Waals surface area contributed by atoms with Gasteiger partial charge in [-0.1, -0.05) is 29.5 Å². The molecule has 2 aromatic carbocycles. The number of nitrogens with one attached hydrogen (secondary N) is 1. The Balaban J connectivity index is 1.55. The molecule has 0 saturated heterocycles. The van der Waals surface area contributed by atoms with Crippen LogP contribution in [0.5, 0.6) is 11.6 Å². The Labute approximate surface area is 200 Å². The lowest BCUT2D eigenvalue weighted by molar-refractivity contribution is -0.150. The van der Waals surface area contributed by atoms with Gasteiger partial charge in [0, 0.05) is 18.6 Å². The molecule has 0 bridgehead atoms. The van der Waals surface area contributed by atoms with Crippen molar-refractivity contribution >= 4 is 38.6 Å². The van der Waals surface area contributed by atoms with Crippen LogP contribution in [0.1, 0.15) is 19.4 Å². The zero-order valence-electron chi connectivity index (χ0n) is 18.3. The summed E-state index contributed by atoms with van der Waals surface area (Å²) in [7, 11) is 0. The van der Waals surface area contributed by atoms with Crippen molar-refractivity contribution in [1.29, 1.82) is 0 Å². The molecular weight excluding hydrogens is 485 g/mol. The molecule has 0 radical (unpaired) electrons. The summed E-state index contributed by atoms with van der Waals surface area (Å²) in [6, 6.07) is 11.3. The lowest BCUT2D eigenvalue weighted by Gasteiger charge is -2.10. The van der Waals surface area contributed by atoms with E-state index in [4.69, 9.17) is 9.47 Å². The predicted octanol–water partition coefficient (Wildman–Crippen LogP) is 5.45. The predicted molar refractivity (Wildman–Crippen MR) is 122 cm³/mol. The number of aromatic nitrogens is 3. The Bertz CT molecular complexity index is 1390. The first-order chi connectivity index (χ1) is 16.6. The van der Waals surface area contributed by atoms with E-state index in [1.807, 2.05) is 0 Å². The van der Waals surface area contributed by atoms with Crippen molar-refractivity contribution < 1.29 is 32.2 Å². The van der Waals surface area contributed by atoms with Gasteiger partial charge in [-0.25, -0.2) is 15.0 Å². The van der Waals surface area contributed by atoms with Crippen LogP contribution in [0.2, 0.25) is 0 Å². The second-order valence-electron chi connectivity index (χ2n) is 7.28. The second-order valence-corrected chi connectivity index (χ2v) is 8.31. The normalized spacial score (nSPS) is 12.3. The second kappa shape index (κ2) is 9.66. The van der Waals surface area contributed by atoms with Gasteiger partial charge in [0.25, 0.3) is 5.91 Å². The molecule has 1 atom stereocenters. The smallest absolute Gasteiger partial charge is 0.416 e. The topological polar surface area (TPSA) is 103 Å². The summed E-state index contributed by atoms with van der Waals surface area (Å²) in [4.78, 5) is 35.8. The molecule has 4 aromatic rings. The largest absolute Gasteiger partial charge is 0.453 e. The first-order valence-corrected chi connectivity index (χ1v) is 11.0. The van der Waals surface area contributed by atoms with Gasteiger partial charge in [-0.2, -0.15) is 13.2 Å². The van der Waals surface area contributed by atoms with Crippen molar-refractivity contribution in [2.45, 2.75) is 26.1 Å². The summed E-state index contributed by atoms with van der Waals surface area (Å²) in [5.41, 5.74) is 0.542. The molecule has 1 amide bonds. The number of benzene rings is 2. The number of amides is 1. The average Bonchev–Trinajstić information content (AvgIpc) is 3.22. The number of esters is 1. The van der Waals surface area contributed by atoms with Crippen molar-refractivity contribution in [1.82, 2.24) is 15.0 Å². The number of hydrogen-bond acceptors (Lipinski definition) is 8. The Morgan fingerprint density at radius 1 is 1.09 bits per heavy atom. The number of anilines is 1. The van der Waals surface area contributed by atoms with Crippen LogP contribution < -0.4 is 10.1 Å². The number of rotatable bonds is 6. The van der Waals surface area contributed by atoms with E-state index in [1.165, 1.54) is 49.7 Å². The third-order valence-electron chi connectivity index (χ3n) is 4.69. The number of ether oxygens (including phenoxy) is 2. The number of carbonyl (C=O) groups excluding carboxylic acids is 2. The van der Waals surface area contributed by atoms with E-state index >= 15 is 0 Å². The zero-order valence-corrected chi connectivity index (χ0v) is 19.1. The highest BCUT2D eigenvalue weighted by molar-refractivity contribution is 7.22. The number of hydrogen-bond donors (Lipinski definition) is 1. The number of halogens is 3. The van der Waals surface area contributed by atoms with Gasteiger partial charge in [-0.3, -0.25) is 14.9 Å². The third kappa shape index (κ3) is 5.72. The third-order valence-corrected chi connectivity index (χ3v) is 5.62. The minimum atomic E-state index is -4.43. The maximum atomic E-state index is 12.8. The quantitative estimate of drug-likeness (QED) is 0.350. The molecule has 180 valence electrons. The van der Waals surface area contributed by atoms with Crippen LogP contribution in [0.25, 0.3) is 21.5 Å². The summed E-state index contributed by atoms with van der Waals surface area (Å²) in [5, 5.41) is 2.89. The highest BCUT2D eigenvalue weighted by atomic mass is 32.1. The Morgan fingerprint density at radius 2 is 1.83 bits per heavy atom. The average molecular weight is 502 g/mol. The lowest BCUT2D eigenvalue weighted by atomic mass is 10.1. The first kappa shape index (κ1) is 24.1. The Morgan fingerprint density at radius 3 is 2.51 bits per heavy atom. The molecule has 35 heavy (non-hydrogen) atoms. The number of para-hydroxylation sites is 1. The van der Waals surface area contributed by atoms with Gasteiger partial charge in [0.15, 0.2) is 17.0 Å². The van der Waals surface area contributed by atoms with Gasteiger partial charge in [0.05, 0.1) is 16.0 Å². The fourth-order valence-corrected chi connectivity index (χ4v) is 3.95. The number of fused-ring (bicyclic) bond motifs is 1. The van der Waals surface area contributed by atoms with E-state index in [0.717, 1.165) is 16.8 Å². The molecule has 2 aromatic heterocycles.